The number of carbonyl (C=O) groups excluding carboxylic acids is 1. The second-order valence-electron chi connectivity index (χ2n) is 5.95. The minimum Gasteiger partial charge on any atom is -0.493 e. The van der Waals surface area contributed by atoms with Crippen molar-refractivity contribution < 1.29 is 14.3 Å². The van der Waals surface area contributed by atoms with Crippen LogP contribution in [0.3, 0.4) is 0 Å². The predicted octanol–water partition coefficient (Wildman–Crippen LogP) is 4.38. The molecule has 0 saturated heterocycles. The number of nitrogens with one attached hydrogen (secondary N) is 1. The summed E-state index contributed by atoms with van der Waals surface area (Å²) < 4.78 is 10.5. The molecule has 2 aromatic carbocycles. The molecule has 1 amide bonds. The highest BCUT2D eigenvalue weighted by atomic mass is 35.5. The van der Waals surface area contributed by atoms with E-state index in [1.165, 1.54) is 20.3 Å². The van der Waals surface area contributed by atoms with Gasteiger partial charge in [-0.3, -0.25) is 4.79 Å². The third-order valence-corrected chi connectivity index (χ3v) is 4.15. The Kier molecular flexibility index (Phi) is 6.52. The molecule has 2 aromatic rings. The molecular formula is C20H23ClN2O3. The summed E-state index contributed by atoms with van der Waals surface area (Å²) >= 11 is 6.18. The summed E-state index contributed by atoms with van der Waals surface area (Å²) in [5, 5.41) is 3.30. The number of methoxy groups -OCH3 is 2. The highest BCUT2D eigenvalue weighted by Gasteiger charge is 2.10. The Bertz CT molecular complexity index is 832. The monoisotopic (exact) mass is 374 g/mol. The van der Waals surface area contributed by atoms with Crippen LogP contribution in [0.4, 0.5) is 11.4 Å². The maximum absolute atomic E-state index is 12.2. The number of halogens is 1. The van der Waals surface area contributed by atoms with Gasteiger partial charge in [0.2, 0.25) is 5.91 Å². The lowest BCUT2D eigenvalue weighted by molar-refractivity contribution is -0.111. The van der Waals surface area contributed by atoms with Crippen LogP contribution in [0.5, 0.6) is 11.5 Å². The zero-order valence-electron chi connectivity index (χ0n) is 15.6. The van der Waals surface area contributed by atoms with E-state index in [1.807, 2.05) is 44.1 Å². The van der Waals surface area contributed by atoms with Crippen molar-refractivity contribution in [1.29, 1.82) is 0 Å². The lowest BCUT2D eigenvalue weighted by Crippen LogP contribution is -2.11. The van der Waals surface area contributed by atoms with E-state index in [0.717, 1.165) is 22.5 Å². The van der Waals surface area contributed by atoms with Gasteiger partial charge in [-0.05, 0) is 54.5 Å². The van der Waals surface area contributed by atoms with Crippen LogP contribution >= 0.6 is 11.6 Å². The van der Waals surface area contributed by atoms with E-state index in [0.29, 0.717) is 16.5 Å². The minimum absolute atomic E-state index is 0.225. The summed E-state index contributed by atoms with van der Waals surface area (Å²) in [5.74, 6) is 0.749. The Balaban J connectivity index is 2.14. The third-order valence-electron chi connectivity index (χ3n) is 3.87. The standard InChI is InChI=1S/C20H23ClN2O3/c1-13-10-15(23(2)3)7-8-17(13)22-19(24)9-6-14-11-16(21)20(26-5)18(12-14)25-4/h6-12H,1-5H3,(H,22,24)/b9-6+. The molecule has 0 aliphatic rings. The van der Waals surface area contributed by atoms with Gasteiger partial charge in [-0.2, -0.15) is 0 Å². The summed E-state index contributed by atoms with van der Waals surface area (Å²) in [6, 6.07) is 9.34. The number of hydrogen-bond donors (Lipinski definition) is 1. The van der Waals surface area contributed by atoms with E-state index in [9.17, 15) is 4.79 Å². The second kappa shape index (κ2) is 8.63. The number of ether oxygens (including phenoxy) is 2. The smallest absolute Gasteiger partial charge is 0.248 e. The third kappa shape index (κ3) is 4.70. The molecule has 5 nitrogen and oxygen atoms in total. The number of aryl methyl sites for hydroxylation is 1. The van der Waals surface area contributed by atoms with Crippen molar-refractivity contribution in [2.45, 2.75) is 6.92 Å². The number of hydrogen-bond acceptors (Lipinski definition) is 4. The zero-order chi connectivity index (χ0) is 19.3. The van der Waals surface area contributed by atoms with E-state index in [1.54, 1.807) is 18.2 Å². The molecule has 0 aromatic heterocycles. The molecule has 0 saturated carbocycles. The van der Waals surface area contributed by atoms with Crippen molar-refractivity contribution in [2.24, 2.45) is 0 Å². The van der Waals surface area contributed by atoms with Crippen LogP contribution in [0.25, 0.3) is 6.08 Å². The van der Waals surface area contributed by atoms with Crippen LogP contribution in [-0.2, 0) is 4.79 Å². The fourth-order valence-corrected chi connectivity index (χ4v) is 2.74. The molecular weight excluding hydrogens is 352 g/mol. The van der Waals surface area contributed by atoms with E-state index in [-0.39, 0.29) is 5.91 Å². The number of carbonyl (C=O) groups is 1. The number of nitrogens with zero attached hydrogens (tertiary/aromatic N) is 1. The molecule has 0 unspecified atom stereocenters. The van der Waals surface area contributed by atoms with Crippen molar-refractivity contribution in [2.75, 3.05) is 38.5 Å². The van der Waals surface area contributed by atoms with Gasteiger partial charge >= 0.3 is 0 Å². The SMILES string of the molecule is COc1cc(/C=C/C(=O)Nc2ccc(N(C)C)cc2C)cc(Cl)c1OC. The number of rotatable bonds is 6. The molecule has 26 heavy (non-hydrogen) atoms. The molecule has 1 N–H and O–H groups in total. The Hall–Kier alpha value is -2.66. The van der Waals surface area contributed by atoms with Gasteiger partial charge in [0.25, 0.3) is 0 Å². The predicted molar refractivity (Wildman–Crippen MR) is 108 cm³/mol. The molecule has 0 aliphatic heterocycles. The summed E-state index contributed by atoms with van der Waals surface area (Å²) in [5.41, 5.74) is 3.58. The molecule has 2 rings (SSSR count). The van der Waals surface area contributed by atoms with Crippen LogP contribution in [0, 0.1) is 6.92 Å². The Morgan fingerprint density at radius 1 is 1.15 bits per heavy atom. The molecule has 0 bridgehead atoms. The highest BCUT2D eigenvalue weighted by Crippen LogP contribution is 2.36. The molecule has 0 radical (unpaired) electrons. The van der Waals surface area contributed by atoms with Crippen molar-refractivity contribution in [3.05, 3.63) is 52.6 Å². The summed E-state index contributed by atoms with van der Waals surface area (Å²) in [7, 11) is 7.01. The lowest BCUT2D eigenvalue weighted by atomic mass is 10.1. The van der Waals surface area contributed by atoms with Gasteiger partial charge in [-0.1, -0.05) is 11.6 Å². The van der Waals surface area contributed by atoms with Gasteiger partial charge in [0, 0.05) is 31.5 Å². The fourth-order valence-electron chi connectivity index (χ4n) is 2.45. The Morgan fingerprint density at radius 2 is 1.88 bits per heavy atom. The molecule has 0 atom stereocenters. The van der Waals surface area contributed by atoms with Crippen LogP contribution in [0.1, 0.15) is 11.1 Å². The summed E-state index contributed by atoms with van der Waals surface area (Å²) in [6.45, 7) is 1.96. The Labute approximate surface area is 159 Å². The molecule has 6 heteroatoms. The van der Waals surface area contributed by atoms with E-state index in [4.69, 9.17) is 21.1 Å². The normalized spacial score (nSPS) is 10.7. The molecule has 0 heterocycles. The summed E-state index contributed by atoms with van der Waals surface area (Å²) in [6.07, 6.45) is 3.13. The highest BCUT2D eigenvalue weighted by molar-refractivity contribution is 6.32. The van der Waals surface area contributed by atoms with Crippen LogP contribution < -0.4 is 19.7 Å². The number of amides is 1. The first-order valence-corrected chi connectivity index (χ1v) is 8.42. The Morgan fingerprint density at radius 3 is 2.46 bits per heavy atom. The zero-order valence-corrected chi connectivity index (χ0v) is 16.3. The van der Waals surface area contributed by atoms with Gasteiger partial charge in [0.15, 0.2) is 11.5 Å². The van der Waals surface area contributed by atoms with Crippen molar-refractivity contribution in [1.82, 2.24) is 0 Å². The van der Waals surface area contributed by atoms with E-state index < -0.39 is 0 Å². The van der Waals surface area contributed by atoms with Crippen LogP contribution in [0.15, 0.2) is 36.4 Å². The summed E-state index contributed by atoms with van der Waals surface area (Å²) in [4.78, 5) is 14.2. The van der Waals surface area contributed by atoms with E-state index >= 15 is 0 Å². The van der Waals surface area contributed by atoms with Gasteiger partial charge < -0.3 is 19.7 Å². The fraction of sp³-hybridized carbons (Fsp3) is 0.250. The van der Waals surface area contributed by atoms with Gasteiger partial charge in [0.1, 0.15) is 0 Å². The largest absolute Gasteiger partial charge is 0.493 e. The number of anilines is 2. The van der Waals surface area contributed by atoms with E-state index in [2.05, 4.69) is 5.32 Å². The van der Waals surface area contributed by atoms with Crippen LogP contribution in [-0.4, -0.2) is 34.2 Å². The average Bonchev–Trinajstić information content (AvgIpc) is 2.60. The second-order valence-corrected chi connectivity index (χ2v) is 6.36. The number of benzene rings is 2. The maximum Gasteiger partial charge on any atom is 0.248 e. The average molecular weight is 375 g/mol. The van der Waals surface area contributed by atoms with Crippen molar-refractivity contribution >= 4 is 35.0 Å². The van der Waals surface area contributed by atoms with Crippen molar-refractivity contribution in [3.8, 4) is 11.5 Å². The molecule has 0 fully saturated rings. The first-order valence-electron chi connectivity index (χ1n) is 8.04. The molecule has 138 valence electrons. The van der Waals surface area contributed by atoms with Crippen molar-refractivity contribution in [3.63, 3.8) is 0 Å². The maximum atomic E-state index is 12.2. The minimum atomic E-state index is -0.225. The van der Waals surface area contributed by atoms with Gasteiger partial charge in [0.05, 0.1) is 19.2 Å². The van der Waals surface area contributed by atoms with Gasteiger partial charge in [-0.25, -0.2) is 0 Å². The molecule has 0 aliphatic carbocycles. The first-order chi connectivity index (χ1) is 12.3. The molecule has 0 spiro atoms. The van der Waals surface area contributed by atoms with Crippen LogP contribution in [0.2, 0.25) is 5.02 Å². The van der Waals surface area contributed by atoms with Gasteiger partial charge in [-0.15, -0.1) is 0 Å². The first kappa shape index (κ1) is 19.7. The quantitative estimate of drug-likeness (QED) is 0.762. The topological polar surface area (TPSA) is 50.8 Å². The lowest BCUT2D eigenvalue weighted by Gasteiger charge is -2.15.